The van der Waals surface area contributed by atoms with E-state index in [0.29, 0.717) is 12.8 Å². The summed E-state index contributed by atoms with van der Waals surface area (Å²) < 4.78 is 49.6. The van der Waals surface area contributed by atoms with E-state index in [1.165, 1.54) is 0 Å². The molecule has 84 valence electrons. The van der Waals surface area contributed by atoms with Gasteiger partial charge in [0.05, 0.1) is 0 Å². The third kappa shape index (κ3) is 3.44. The molecule has 2 atom stereocenters. The Balaban J connectivity index is 2.38. The monoisotopic (exact) mass is 214 g/mol. The molecule has 1 rings (SSSR count). The van der Waals surface area contributed by atoms with Crippen molar-refractivity contribution >= 4 is 0 Å². The van der Waals surface area contributed by atoms with Crippen molar-refractivity contribution in [3.63, 3.8) is 0 Å². The van der Waals surface area contributed by atoms with E-state index in [4.69, 9.17) is 5.11 Å². The second-order valence-corrected chi connectivity index (χ2v) is 3.96. The smallest absolute Gasteiger partial charge is 0.264 e. The van der Waals surface area contributed by atoms with Crippen molar-refractivity contribution in [2.75, 3.05) is 0 Å². The van der Waals surface area contributed by atoms with E-state index in [0.717, 1.165) is 0 Å². The molecule has 5 heteroatoms. The Kier molecular flexibility index (Phi) is 3.75. The normalized spacial score (nSPS) is 29.1. The molecule has 1 fully saturated rings. The first-order chi connectivity index (χ1) is 6.41. The predicted molar refractivity (Wildman–Crippen MR) is 43.5 cm³/mol. The average molecular weight is 214 g/mol. The van der Waals surface area contributed by atoms with E-state index in [9.17, 15) is 17.6 Å². The highest BCUT2D eigenvalue weighted by atomic mass is 19.3. The molecule has 0 heterocycles. The second-order valence-electron chi connectivity index (χ2n) is 3.96. The van der Waals surface area contributed by atoms with E-state index in [2.05, 4.69) is 0 Å². The second kappa shape index (κ2) is 4.47. The van der Waals surface area contributed by atoms with E-state index in [1.807, 2.05) is 0 Å². The van der Waals surface area contributed by atoms with E-state index in [1.54, 1.807) is 0 Å². The van der Waals surface area contributed by atoms with Crippen molar-refractivity contribution < 1.29 is 22.7 Å². The van der Waals surface area contributed by atoms with Gasteiger partial charge >= 0.3 is 0 Å². The highest BCUT2D eigenvalue weighted by molar-refractivity contribution is 4.80. The lowest BCUT2D eigenvalue weighted by molar-refractivity contribution is -0.0721. The van der Waals surface area contributed by atoms with Crippen molar-refractivity contribution in [3.8, 4) is 0 Å². The summed E-state index contributed by atoms with van der Waals surface area (Å²) in [6.45, 7) is 0. The number of rotatable bonds is 3. The van der Waals surface area contributed by atoms with Crippen LogP contribution in [-0.2, 0) is 0 Å². The highest BCUT2D eigenvalue weighted by Crippen LogP contribution is 2.38. The van der Waals surface area contributed by atoms with Crippen LogP contribution in [-0.4, -0.2) is 23.6 Å². The number of halogens is 4. The van der Waals surface area contributed by atoms with E-state index >= 15 is 0 Å². The van der Waals surface area contributed by atoms with E-state index in [-0.39, 0.29) is 19.3 Å². The quantitative estimate of drug-likeness (QED) is 0.716. The molecule has 2 unspecified atom stereocenters. The van der Waals surface area contributed by atoms with Crippen LogP contribution in [0.25, 0.3) is 0 Å². The van der Waals surface area contributed by atoms with Gasteiger partial charge in [0.1, 0.15) is 6.10 Å². The van der Waals surface area contributed by atoms with Crippen LogP contribution < -0.4 is 0 Å². The maximum absolute atomic E-state index is 12.8. The zero-order valence-corrected chi connectivity index (χ0v) is 7.73. The molecule has 0 spiro atoms. The molecule has 0 aromatic rings. The zero-order valence-electron chi connectivity index (χ0n) is 7.73. The number of hydrogen-bond acceptors (Lipinski definition) is 1. The van der Waals surface area contributed by atoms with Gasteiger partial charge < -0.3 is 5.11 Å². The first kappa shape index (κ1) is 11.8. The van der Waals surface area contributed by atoms with Crippen LogP contribution in [0.3, 0.4) is 0 Å². The number of aliphatic hydroxyl groups is 1. The van der Waals surface area contributed by atoms with Gasteiger partial charge in [0.2, 0.25) is 5.92 Å². The third-order valence-electron chi connectivity index (χ3n) is 2.61. The summed E-state index contributed by atoms with van der Waals surface area (Å²) in [5.41, 5.74) is 0. The summed E-state index contributed by atoms with van der Waals surface area (Å²) in [6, 6.07) is 0. The number of hydrogen-bond donors (Lipinski definition) is 1. The molecule has 1 aliphatic carbocycles. The first-order valence-electron chi connectivity index (χ1n) is 4.75. The van der Waals surface area contributed by atoms with Crippen LogP contribution in [0.4, 0.5) is 17.6 Å². The Hall–Kier alpha value is -0.320. The lowest BCUT2D eigenvalue weighted by Crippen LogP contribution is -2.30. The van der Waals surface area contributed by atoms with Gasteiger partial charge in [-0.1, -0.05) is 0 Å². The molecule has 1 N–H and O–H groups in total. The Morgan fingerprint density at radius 2 is 2.00 bits per heavy atom. The summed E-state index contributed by atoms with van der Waals surface area (Å²) in [5.74, 6) is -3.20. The fourth-order valence-corrected chi connectivity index (χ4v) is 1.92. The molecule has 0 saturated heterocycles. The summed E-state index contributed by atoms with van der Waals surface area (Å²) in [4.78, 5) is 0. The standard InChI is InChI=1S/C9H14F4O/c10-8(11)7(14)4-6-2-1-3-9(12,13)5-6/h6-8,14H,1-5H2. The molecule has 14 heavy (non-hydrogen) atoms. The summed E-state index contributed by atoms with van der Waals surface area (Å²) >= 11 is 0. The molecule has 0 amide bonds. The molecule has 0 radical (unpaired) electrons. The average Bonchev–Trinajstić information content (AvgIpc) is 2.01. The summed E-state index contributed by atoms with van der Waals surface area (Å²) in [7, 11) is 0. The summed E-state index contributed by atoms with van der Waals surface area (Å²) in [6.07, 6.45) is -4.45. The van der Waals surface area contributed by atoms with Crippen molar-refractivity contribution in [2.24, 2.45) is 5.92 Å². The molecule has 1 aliphatic rings. The van der Waals surface area contributed by atoms with Gasteiger partial charge in [-0.15, -0.1) is 0 Å². The lowest BCUT2D eigenvalue weighted by atomic mass is 9.83. The Bertz CT molecular complexity index is 184. The van der Waals surface area contributed by atoms with Gasteiger partial charge in [-0.3, -0.25) is 0 Å². The zero-order chi connectivity index (χ0) is 10.8. The molecule has 0 bridgehead atoms. The minimum atomic E-state index is -2.83. The molecule has 0 aromatic heterocycles. The van der Waals surface area contributed by atoms with Crippen LogP contribution >= 0.6 is 0 Å². The maximum atomic E-state index is 12.8. The Labute approximate surface area is 80.1 Å². The molecule has 1 saturated carbocycles. The van der Waals surface area contributed by atoms with Gasteiger partial charge in [-0.05, 0) is 25.2 Å². The SMILES string of the molecule is OC(CC1CCCC(F)(F)C1)C(F)F. The topological polar surface area (TPSA) is 20.2 Å². The van der Waals surface area contributed by atoms with Crippen molar-refractivity contribution in [3.05, 3.63) is 0 Å². The van der Waals surface area contributed by atoms with Crippen LogP contribution in [0.5, 0.6) is 0 Å². The van der Waals surface area contributed by atoms with Crippen LogP contribution in [0.2, 0.25) is 0 Å². The third-order valence-corrected chi connectivity index (χ3v) is 2.61. The first-order valence-corrected chi connectivity index (χ1v) is 4.75. The van der Waals surface area contributed by atoms with Gasteiger partial charge in [0.25, 0.3) is 6.43 Å². The molecule has 0 aromatic carbocycles. The van der Waals surface area contributed by atoms with Crippen LogP contribution in [0.1, 0.15) is 32.1 Å². The van der Waals surface area contributed by atoms with Crippen molar-refractivity contribution in [2.45, 2.75) is 50.6 Å². The minimum absolute atomic E-state index is 0.158. The molecular formula is C9H14F4O. The Morgan fingerprint density at radius 3 is 2.50 bits per heavy atom. The molecular weight excluding hydrogens is 200 g/mol. The van der Waals surface area contributed by atoms with Crippen molar-refractivity contribution in [1.29, 1.82) is 0 Å². The van der Waals surface area contributed by atoms with Crippen LogP contribution in [0, 0.1) is 5.92 Å². The van der Waals surface area contributed by atoms with E-state index < -0.39 is 24.4 Å². The van der Waals surface area contributed by atoms with Crippen molar-refractivity contribution in [1.82, 2.24) is 0 Å². The summed E-state index contributed by atoms with van der Waals surface area (Å²) in [5, 5.41) is 8.85. The molecule has 0 aliphatic heterocycles. The molecule has 1 nitrogen and oxygen atoms in total. The van der Waals surface area contributed by atoms with Gasteiger partial charge in [-0.25, -0.2) is 17.6 Å². The minimum Gasteiger partial charge on any atom is -0.387 e. The number of alkyl halides is 4. The fraction of sp³-hybridized carbons (Fsp3) is 1.00. The maximum Gasteiger partial charge on any atom is 0.264 e. The van der Waals surface area contributed by atoms with Gasteiger partial charge in [-0.2, -0.15) is 0 Å². The van der Waals surface area contributed by atoms with Gasteiger partial charge in [0, 0.05) is 12.8 Å². The highest BCUT2D eigenvalue weighted by Gasteiger charge is 2.37. The fourth-order valence-electron chi connectivity index (χ4n) is 1.92. The largest absolute Gasteiger partial charge is 0.387 e. The van der Waals surface area contributed by atoms with Crippen LogP contribution in [0.15, 0.2) is 0 Å². The predicted octanol–water partition coefficient (Wildman–Crippen LogP) is 2.83. The van der Waals surface area contributed by atoms with Gasteiger partial charge in [0.15, 0.2) is 0 Å². The Morgan fingerprint density at radius 1 is 1.36 bits per heavy atom. The number of aliphatic hydroxyl groups excluding tert-OH is 1. The lowest BCUT2D eigenvalue weighted by Gasteiger charge is -2.29.